The molecule has 0 N–H and O–H groups in total. The van der Waals surface area contributed by atoms with E-state index in [0.29, 0.717) is 13.2 Å². The van der Waals surface area contributed by atoms with Crippen LogP contribution < -0.4 is 0 Å². The summed E-state index contributed by atoms with van der Waals surface area (Å²) in [5.74, 6) is -0.0398. The average molecular weight is 378 g/mol. The molecule has 1 aliphatic rings. The Labute approximate surface area is 159 Å². The quantitative estimate of drug-likeness (QED) is 0.528. The lowest BCUT2D eigenvalue weighted by molar-refractivity contribution is -0.136. The van der Waals surface area contributed by atoms with E-state index in [9.17, 15) is 9.59 Å². The number of carbonyl (C=O) groups is 1. The van der Waals surface area contributed by atoms with Crippen molar-refractivity contribution in [2.45, 2.75) is 58.4 Å². The Morgan fingerprint density at radius 2 is 1.77 bits per heavy atom. The van der Waals surface area contributed by atoms with Gasteiger partial charge in [0, 0.05) is 11.5 Å². The Bertz CT molecular complexity index is 570. The molecule has 0 bridgehead atoms. The lowest BCUT2D eigenvalue weighted by Crippen LogP contribution is -2.35. The molecule has 0 spiro atoms. The van der Waals surface area contributed by atoms with Crippen LogP contribution in [0.3, 0.4) is 0 Å². The van der Waals surface area contributed by atoms with Crippen molar-refractivity contribution in [2.75, 3.05) is 13.7 Å². The van der Waals surface area contributed by atoms with Crippen LogP contribution in [0.25, 0.3) is 0 Å². The zero-order valence-corrected chi connectivity index (χ0v) is 18.0. The van der Waals surface area contributed by atoms with Crippen molar-refractivity contribution in [3.05, 3.63) is 47.5 Å². The number of methoxy groups -OCH3 is 1. The topological polar surface area (TPSA) is 55.4 Å². The number of benzene rings is 1. The molecule has 1 radical (unpaired) electrons. The maximum atomic E-state index is 11.5. The summed E-state index contributed by atoms with van der Waals surface area (Å²) in [6.45, 7) is 10.9. The van der Waals surface area contributed by atoms with Crippen molar-refractivity contribution >= 4 is 14.3 Å². The van der Waals surface area contributed by atoms with Crippen LogP contribution >= 0.6 is 0 Å². The van der Waals surface area contributed by atoms with Gasteiger partial charge in [0.15, 0.2) is 0 Å². The van der Waals surface area contributed by atoms with E-state index in [1.807, 2.05) is 70.3 Å². The Morgan fingerprint density at radius 3 is 2.27 bits per heavy atom. The van der Waals surface area contributed by atoms with Gasteiger partial charge in [0.2, 0.25) is 8.32 Å². The van der Waals surface area contributed by atoms with Gasteiger partial charge in [0.05, 0.1) is 20.3 Å². The van der Waals surface area contributed by atoms with E-state index in [2.05, 4.69) is 0 Å². The van der Waals surface area contributed by atoms with E-state index in [4.69, 9.17) is 9.47 Å². The van der Waals surface area contributed by atoms with E-state index in [1.54, 1.807) is 0 Å². The molecule has 5 heteroatoms. The first-order valence-electron chi connectivity index (χ1n) is 9.16. The summed E-state index contributed by atoms with van der Waals surface area (Å²) in [6.07, 6.45) is 3.87. The lowest BCUT2D eigenvalue weighted by Gasteiger charge is -2.27. The number of ether oxygens (including phenoxy) is 2. The molecule has 2 rings (SSSR count). The third-order valence-corrected chi connectivity index (χ3v) is 8.59. The van der Waals surface area contributed by atoms with Crippen LogP contribution in [0.15, 0.2) is 42.0 Å². The Morgan fingerprint density at radius 1 is 1.19 bits per heavy atom. The highest BCUT2D eigenvalue weighted by atomic mass is 28.4. The molecule has 1 aliphatic carbocycles. The van der Waals surface area contributed by atoms with Crippen molar-refractivity contribution in [2.24, 2.45) is 5.92 Å². The van der Waals surface area contributed by atoms with Crippen LogP contribution in [0.2, 0.25) is 18.1 Å². The largest absolute Gasteiger partial charge is 0.466 e. The Balaban J connectivity index is 0.000000359. The van der Waals surface area contributed by atoms with Crippen molar-refractivity contribution in [3.8, 4) is 0 Å². The fourth-order valence-electron chi connectivity index (χ4n) is 2.20. The molecule has 26 heavy (non-hydrogen) atoms. The number of esters is 1. The summed E-state index contributed by atoms with van der Waals surface area (Å²) in [5.41, 5.74) is 1.92. The van der Waals surface area contributed by atoms with Crippen LogP contribution in [-0.2, 0) is 25.7 Å². The molecular weight excluding hydrogens is 344 g/mol. The summed E-state index contributed by atoms with van der Waals surface area (Å²) in [4.78, 5) is 22.8. The van der Waals surface area contributed by atoms with E-state index >= 15 is 0 Å². The highest BCUT2D eigenvalue weighted by Crippen LogP contribution is 2.33. The van der Waals surface area contributed by atoms with Gasteiger partial charge in [-0.2, -0.15) is 0 Å². The lowest BCUT2D eigenvalue weighted by atomic mass is 10.0. The van der Waals surface area contributed by atoms with Gasteiger partial charge in [-0.25, -0.2) is 4.79 Å². The van der Waals surface area contributed by atoms with Gasteiger partial charge in [-0.05, 0) is 36.5 Å². The minimum absolute atomic E-state index is 0.0208. The monoisotopic (exact) mass is 377 g/mol. The van der Waals surface area contributed by atoms with Crippen molar-refractivity contribution < 1.29 is 19.1 Å². The van der Waals surface area contributed by atoms with E-state index in [1.165, 1.54) is 7.11 Å². The molecule has 0 amide bonds. The molecule has 0 saturated carbocycles. The highest BCUT2D eigenvalue weighted by Gasteiger charge is 2.35. The van der Waals surface area contributed by atoms with Crippen LogP contribution in [0.4, 0.5) is 0 Å². The van der Waals surface area contributed by atoms with Gasteiger partial charge in [0.1, 0.15) is 0 Å². The molecule has 0 fully saturated rings. The molecule has 4 nitrogen and oxygen atoms in total. The summed E-state index contributed by atoms with van der Waals surface area (Å²) < 4.78 is 10.4. The standard InChI is InChI=1S/C15H18O3.C6H15OSi/c1-17-15(16)14-9-5-8-13(14)11-18-10-12-6-3-2-4-7-12;1-6(2,3)8(4,5)7/h2-4,6-7,9,13H,5,8,10-11H2,1H3;1-5H3. The first-order chi connectivity index (χ1) is 12.1. The Hall–Kier alpha value is -1.43. The summed E-state index contributed by atoms with van der Waals surface area (Å²) >= 11 is 0. The normalized spacial score (nSPS) is 17.2. The highest BCUT2D eigenvalue weighted by molar-refractivity contribution is 6.72. The maximum absolute atomic E-state index is 11.5. The van der Waals surface area contributed by atoms with Gasteiger partial charge in [-0.3, -0.25) is 4.80 Å². The first kappa shape index (κ1) is 22.6. The number of carbonyl (C=O) groups excluding carboxylic acids is 1. The first-order valence-corrected chi connectivity index (χ1v) is 12.1. The van der Waals surface area contributed by atoms with Gasteiger partial charge >= 0.3 is 5.97 Å². The Kier molecular flexibility index (Phi) is 8.73. The molecule has 0 aliphatic heterocycles. The van der Waals surface area contributed by atoms with E-state index < -0.39 is 8.32 Å². The maximum Gasteiger partial charge on any atom is 0.333 e. The molecule has 1 aromatic carbocycles. The third-order valence-electron chi connectivity index (χ3n) is 4.98. The molecule has 0 heterocycles. The zero-order valence-electron chi connectivity index (χ0n) is 17.0. The van der Waals surface area contributed by atoms with Crippen LogP contribution in [-0.4, -0.2) is 28.0 Å². The van der Waals surface area contributed by atoms with Gasteiger partial charge < -0.3 is 9.47 Å². The molecular formula is C21H33O4Si. The third kappa shape index (κ3) is 7.44. The summed E-state index contributed by atoms with van der Waals surface area (Å²) in [7, 11) is -0.689. The van der Waals surface area contributed by atoms with E-state index in [0.717, 1.165) is 24.0 Å². The number of rotatable bonds is 5. The SMILES string of the molecule is CC(C)(C)[Si](C)(C)[O].COC(=O)C1=CCCC1COCc1ccccc1. The molecule has 0 saturated heterocycles. The predicted molar refractivity (Wildman–Crippen MR) is 107 cm³/mol. The van der Waals surface area contributed by atoms with Crippen molar-refractivity contribution in [1.82, 2.24) is 0 Å². The number of hydrogen-bond acceptors (Lipinski definition) is 3. The molecule has 1 atom stereocenters. The minimum Gasteiger partial charge on any atom is -0.466 e. The van der Waals surface area contributed by atoms with Gasteiger partial charge in [0.25, 0.3) is 0 Å². The molecule has 1 aromatic rings. The second-order valence-corrected chi connectivity index (χ2v) is 12.7. The minimum atomic E-state index is -2.11. The number of allylic oxidation sites excluding steroid dienone is 1. The second kappa shape index (κ2) is 10.0. The summed E-state index contributed by atoms with van der Waals surface area (Å²) in [5, 5.41) is 0.0208. The zero-order chi connectivity index (χ0) is 19.8. The van der Waals surface area contributed by atoms with E-state index in [-0.39, 0.29) is 16.9 Å². The second-order valence-electron chi connectivity index (χ2n) is 8.19. The van der Waals surface area contributed by atoms with Gasteiger partial charge in [-0.1, -0.05) is 57.2 Å². The van der Waals surface area contributed by atoms with Crippen molar-refractivity contribution in [1.29, 1.82) is 0 Å². The van der Waals surface area contributed by atoms with Crippen LogP contribution in [0.1, 0.15) is 39.2 Å². The predicted octanol–water partition coefficient (Wildman–Crippen LogP) is 5.13. The number of hydrogen-bond donors (Lipinski definition) is 0. The van der Waals surface area contributed by atoms with Crippen molar-refractivity contribution in [3.63, 3.8) is 0 Å². The van der Waals surface area contributed by atoms with Gasteiger partial charge in [-0.15, -0.1) is 0 Å². The fraction of sp³-hybridized carbons (Fsp3) is 0.571. The molecule has 1 unspecified atom stereocenters. The summed E-state index contributed by atoms with van der Waals surface area (Å²) in [6, 6.07) is 10.0. The van der Waals surface area contributed by atoms with Crippen LogP contribution in [0.5, 0.6) is 0 Å². The molecule has 0 aromatic heterocycles. The van der Waals surface area contributed by atoms with Crippen LogP contribution in [0, 0.1) is 5.92 Å². The average Bonchev–Trinajstić information content (AvgIpc) is 3.02. The smallest absolute Gasteiger partial charge is 0.333 e. The molecule has 145 valence electrons. The fourth-order valence-corrected chi connectivity index (χ4v) is 2.20.